The molecule has 0 saturated carbocycles. The van der Waals surface area contributed by atoms with Gasteiger partial charge in [-0.2, -0.15) is 0 Å². The quantitative estimate of drug-likeness (QED) is 0.258. The molecular formula is C32H44F4N4O6. The molecule has 2 aromatic heterocycles. The number of halogens is 4. The van der Waals surface area contributed by atoms with Gasteiger partial charge in [0.15, 0.2) is 11.6 Å². The Balaban J connectivity index is 0.000000251. The number of likely N-dealkylation sites (tertiary alicyclic amines) is 2. The first-order valence-electron chi connectivity index (χ1n) is 15.6. The molecule has 0 amide bonds. The Morgan fingerprint density at radius 2 is 1.20 bits per heavy atom. The van der Waals surface area contributed by atoms with Crippen LogP contribution < -0.4 is 11.1 Å². The van der Waals surface area contributed by atoms with E-state index in [1.54, 1.807) is 34.6 Å². The van der Waals surface area contributed by atoms with Crippen molar-refractivity contribution in [3.63, 3.8) is 0 Å². The first-order chi connectivity index (χ1) is 21.6. The smallest absolute Gasteiger partial charge is 0.329 e. The van der Waals surface area contributed by atoms with Crippen LogP contribution in [0.1, 0.15) is 57.8 Å². The fraction of sp³-hybridized carbons (Fsp3) is 0.625. The highest BCUT2D eigenvalue weighted by atomic mass is 19.1. The van der Waals surface area contributed by atoms with Crippen molar-refractivity contribution < 1.29 is 37.0 Å². The second kappa shape index (κ2) is 16.3. The minimum atomic E-state index is -1.17. The number of carboxylic acid groups (broad SMARTS) is 1. The van der Waals surface area contributed by atoms with Crippen molar-refractivity contribution in [2.24, 2.45) is 11.8 Å². The third-order valence-electron chi connectivity index (χ3n) is 8.01. The lowest BCUT2D eigenvalue weighted by atomic mass is 10.0. The number of aliphatic carboxylic acids is 1. The van der Waals surface area contributed by atoms with Gasteiger partial charge in [-0.1, -0.05) is 27.7 Å². The number of hydrogen-bond acceptors (Lipinski definition) is 7. The Hall–Kier alpha value is -3.52. The molecule has 46 heavy (non-hydrogen) atoms. The van der Waals surface area contributed by atoms with E-state index in [-0.39, 0.29) is 18.4 Å². The molecule has 256 valence electrons. The van der Waals surface area contributed by atoms with Gasteiger partial charge in [-0.15, -0.1) is 0 Å². The maximum absolute atomic E-state index is 14.0. The molecule has 0 aromatic carbocycles. The van der Waals surface area contributed by atoms with Crippen molar-refractivity contribution in [2.45, 2.75) is 71.9 Å². The number of hydrogen-bond donors (Lipinski definition) is 1. The van der Waals surface area contributed by atoms with E-state index in [2.05, 4.69) is 0 Å². The van der Waals surface area contributed by atoms with Gasteiger partial charge in [0.2, 0.25) is 0 Å². The molecule has 2 aromatic rings. The van der Waals surface area contributed by atoms with Gasteiger partial charge in [0.05, 0.1) is 6.61 Å². The number of carbonyl (C=O) groups is 2. The Bertz CT molecular complexity index is 1470. The van der Waals surface area contributed by atoms with Crippen LogP contribution in [0.25, 0.3) is 0 Å². The number of nitrogens with zero attached hydrogens (tertiary/aromatic N) is 4. The first kappa shape index (κ1) is 36.9. The Kier molecular flexibility index (Phi) is 13.1. The number of ether oxygens (including phenoxy) is 1. The zero-order chi connectivity index (χ0) is 34.3. The zero-order valence-corrected chi connectivity index (χ0v) is 26.9. The van der Waals surface area contributed by atoms with Crippen molar-refractivity contribution in [1.82, 2.24) is 18.9 Å². The van der Waals surface area contributed by atoms with E-state index in [0.717, 1.165) is 15.2 Å². The summed E-state index contributed by atoms with van der Waals surface area (Å²) in [4.78, 5) is 51.3. The second-order valence-electron chi connectivity index (χ2n) is 12.5. The summed E-state index contributed by atoms with van der Waals surface area (Å²) in [5.41, 5.74) is -0.633. The molecule has 2 saturated heterocycles. The maximum Gasteiger partial charge on any atom is 0.329 e. The molecule has 1 N–H and O–H groups in total. The molecule has 4 rings (SSSR count). The predicted octanol–water partition coefficient (Wildman–Crippen LogP) is 3.41. The minimum Gasteiger partial charge on any atom is -0.480 e. The van der Waals surface area contributed by atoms with Gasteiger partial charge in [-0.25, -0.2) is 27.2 Å². The number of alkyl halides is 2. The van der Waals surface area contributed by atoms with Crippen molar-refractivity contribution in [3.05, 3.63) is 68.0 Å². The van der Waals surface area contributed by atoms with Crippen molar-refractivity contribution >= 4 is 11.9 Å². The van der Waals surface area contributed by atoms with E-state index in [0.29, 0.717) is 63.2 Å². The van der Waals surface area contributed by atoms with Crippen LogP contribution in [0.2, 0.25) is 0 Å². The van der Waals surface area contributed by atoms with Crippen LogP contribution >= 0.6 is 0 Å². The molecule has 2 aliphatic rings. The molecule has 2 fully saturated rings. The van der Waals surface area contributed by atoms with E-state index >= 15 is 0 Å². The zero-order valence-electron chi connectivity index (χ0n) is 26.9. The summed E-state index contributed by atoms with van der Waals surface area (Å²) in [6.07, 6.45) is 2.25. The summed E-state index contributed by atoms with van der Waals surface area (Å²) >= 11 is 0. The molecule has 10 nitrogen and oxygen atoms in total. The van der Waals surface area contributed by atoms with E-state index in [1.807, 2.05) is 9.80 Å². The average molecular weight is 657 g/mol. The summed E-state index contributed by atoms with van der Waals surface area (Å²) in [6.45, 7) is 11.4. The fourth-order valence-corrected chi connectivity index (χ4v) is 5.54. The second-order valence-corrected chi connectivity index (χ2v) is 12.5. The van der Waals surface area contributed by atoms with Crippen LogP contribution in [0.15, 0.2) is 34.1 Å². The molecule has 0 radical (unpaired) electrons. The molecular weight excluding hydrogens is 612 g/mol. The number of pyridine rings is 2. The van der Waals surface area contributed by atoms with Crippen LogP contribution in [-0.4, -0.2) is 94.2 Å². The highest BCUT2D eigenvalue weighted by Crippen LogP contribution is 2.21. The molecule has 2 unspecified atom stereocenters. The number of aromatic nitrogens is 2. The molecule has 2 aliphatic heterocycles. The third-order valence-corrected chi connectivity index (χ3v) is 8.01. The fourth-order valence-electron chi connectivity index (χ4n) is 5.54. The highest BCUT2D eigenvalue weighted by molar-refractivity contribution is 5.74. The van der Waals surface area contributed by atoms with Crippen LogP contribution in [0.3, 0.4) is 0 Å². The number of rotatable bonds is 13. The lowest BCUT2D eigenvalue weighted by Crippen LogP contribution is -2.49. The first-order valence-corrected chi connectivity index (χ1v) is 15.6. The number of carbonyl (C=O) groups excluding carboxylic acids is 1. The van der Waals surface area contributed by atoms with Crippen molar-refractivity contribution in [2.75, 3.05) is 45.9 Å². The van der Waals surface area contributed by atoms with Crippen molar-refractivity contribution in [3.8, 4) is 0 Å². The van der Waals surface area contributed by atoms with Gasteiger partial charge < -0.3 is 9.84 Å². The number of carboxylic acids is 1. The van der Waals surface area contributed by atoms with Gasteiger partial charge in [0.25, 0.3) is 11.1 Å². The van der Waals surface area contributed by atoms with Gasteiger partial charge in [-0.3, -0.25) is 28.5 Å². The van der Waals surface area contributed by atoms with Gasteiger partial charge in [-0.05, 0) is 54.9 Å². The summed E-state index contributed by atoms with van der Waals surface area (Å²) in [5, 5.41) is 9.27. The number of esters is 1. The SMILES string of the molecule is CC(C)C(C(=O)O)n1cc(CCN2CC(F)C2)cc(F)c1=O.CCOC(=O)C(C(C)C)n1cc(CCN2CC(F)C2)cc(F)c1=O. The van der Waals surface area contributed by atoms with Crippen LogP contribution in [0, 0.1) is 23.5 Å². The van der Waals surface area contributed by atoms with Crippen molar-refractivity contribution in [1.29, 1.82) is 0 Å². The van der Waals surface area contributed by atoms with E-state index in [9.17, 15) is 41.8 Å². The summed E-state index contributed by atoms with van der Waals surface area (Å²) in [6, 6.07) is 0.339. The molecule has 0 aliphatic carbocycles. The molecule has 0 spiro atoms. The Morgan fingerprint density at radius 3 is 1.52 bits per heavy atom. The lowest BCUT2D eigenvalue weighted by Gasteiger charge is -2.34. The standard InChI is InChI=1S/C17H24F2N2O3.C15H20F2N2O3/c1-4-24-17(23)15(11(2)3)21-8-12(7-14(19)16(21)22)5-6-20-9-13(18)10-20;1-9(2)13(15(21)22)19-6-10(5-12(17)14(19)20)3-4-18-7-11(16)8-18/h7-8,11,13,15H,4-6,9-10H2,1-3H3;5-6,9,11,13H,3-4,7-8H2,1-2H3,(H,21,22). The molecule has 4 heterocycles. The molecule has 2 atom stereocenters. The monoisotopic (exact) mass is 656 g/mol. The minimum absolute atomic E-state index is 0.193. The maximum atomic E-state index is 14.0. The average Bonchev–Trinajstić information content (AvgIpc) is 2.93. The normalized spacial score (nSPS) is 17.2. The Morgan fingerprint density at radius 1 is 0.804 bits per heavy atom. The summed E-state index contributed by atoms with van der Waals surface area (Å²) in [5.74, 6) is -4.15. The van der Waals surface area contributed by atoms with Crippen LogP contribution in [0.5, 0.6) is 0 Å². The summed E-state index contributed by atoms with van der Waals surface area (Å²) < 4.78 is 60.5. The summed E-state index contributed by atoms with van der Waals surface area (Å²) in [7, 11) is 0. The van der Waals surface area contributed by atoms with E-state index < -0.39 is 59.1 Å². The van der Waals surface area contributed by atoms with Crippen LogP contribution in [-0.2, 0) is 27.2 Å². The highest BCUT2D eigenvalue weighted by Gasteiger charge is 2.30. The molecule has 14 heteroatoms. The Labute approximate surface area is 265 Å². The lowest BCUT2D eigenvalue weighted by molar-refractivity contribution is -0.148. The predicted molar refractivity (Wildman–Crippen MR) is 163 cm³/mol. The van der Waals surface area contributed by atoms with E-state index in [4.69, 9.17) is 4.74 Å². The van der Waals surface area contributed by atoms with Gasteiger partial charge in [0, 0.05) is 51.7 Å². The van der Waals surface area contributed by atoms with Crippen LogP contribution in [0.4, 0.5) is 17.6 Å². The molecule has 0 bridgehead atoms. The largest absolute Gasteiger partial charge is 0.480 e. The topological polar surface area (TPSA) is 114 Å². The van der Waals surface area contributed by atoms with Gasteiger partial charge >= 0.3 is 11.9 Å². The third kappa shape index (κ3) is 9.50. The van der Waals surface area contributed by atoms with E-state index in [1.165, 1.54) is 18.5 Å². The van der Waals surface area contributed by atoms with Gasteiger partial charge in [0.1, 0.15) is 24.4 Å².